The minimum Gasteiger partial charge on any atom is -0.207 e. The van der Waals surface area contributed by atoms with Crippen LogP contribution in [0.2, 0.25) is 0 Å². The molecule has 24 heavy (non-hydrogen) atoms. The summed E-state index contributed by atoms with van der Waals surface area (Å²) in [5, 5.41) is 0. The van der Waals surface area contributed by atoms with E-state index in [1.807, 2.05) is 45.0 Å². The predicted octanol–water partition coefficient (Wildman–Crippen LogP) is 4.63. The van der Waals surface area contributed by atoms with E-state index in [0.717, 1.165) is 17.5 Å². The van der Waals surface area contributed by atoms with E-state index in [1.165, 1.54) is 5.56 Å². The van der Waals surface area contributed by atoms with Gasteiger partial charge in [0.1, 0.15) is 0 Å². The molecular formula is C20H27NO2S. The van der Waals surface area contributed by atoms with Crippen LogP contribution in [0, 0.1) is 5.92 Å². The van der Waals surface area contributed by atoms with E-state index in [2.05, 4.69) is 30.7 Å². The zero-order valence-corrected chi connectivity index (χ0v) is 15.9. The van der Waals surface area contributed by atoms with Crippen molar-refractivity contribution < 1.29 is 8.42 Å². The van der Waals surface area contributed by atoms with E-state index in [-0.39, 0.29) is 0 Å². The Balaban J connectivity index is 2.42. The van der Waals surface area contributed by atoms with Gasteiger partial charge in [-0.05, 0) is 50.3 Å². The Hall–Kier alpha value is -1.65. The quantitative estimate of drug-likeness (QED) is 0.859. The van der Waals surface area contributed by atoms with Crippen LogP contribution in [0.25, 0.3) is 11.1 Å². The molecule has 0 aliphatic rings. The van der Waals surface area contributed by atoms with Crippen LogP contribution in [0.4, 0.5) is 0 Å². The monoisotopic (exact) mass is 345 g/mol. The Bertz CT molecular complexity index is 785. The highest BCUT2D eigenvalue weighted by atomic mass is 32.2. The van der Waals surface area contributed by atoms with Crippen LogP contribution in [0.15, 0.2) is 53.4 Å². The number of hydrogen-bond acceptors (Lipinski definition) is 2. The molecule has 0 atom stereocenters. The van der Waals surface area contributed by atoms with Crippen LogP contribution in [-0.4, -0.2) is 14.0 Å². The van der Waals surface area contributed by atoms with Gasteiger partial charge in [0.05, 0.1) is 4.90 Å². The molecule has 0 saturated heterocycles. The molecule has 130 valence electrons. The molecule has 0 amide bonds. The SMILES string of the molecule is CC(C)Cc1ccc(-c2ccccc2S(=O)(=O)NC(C)(C)C)cc1. The molecule has 2 aromatic carbocycles. The summed E-state index contributed by atoms with van der Waals surface area (Å²) in [5.41, 5.74) is 2.39. The van der Waals surface area contributed by atoms with E-state index in [0.29, 0.717) is 10.8 Å². The molecule has 0 saturated carbocycles. The second-order valence-electron chi connectivity index (χ2n) is 7.65. The molecule has 3 nitrogen and oxygen atoms in total. The number of benzene rings is 2. The van der Waals surface area contributed by atoms with Crippen LogP contribution < -0.4 is 4.72 Å². The van der Waals surface area contributed by atoms with E-state index in [4.69, 9.17) is 0 Å². The summed E-state index contributed by atoms with van der Waals surface area (Å²) >= 11 is 0. The van der Waals surface area contributed by atoms with Gasteiger partial charge in [-0.1, -0.05) is 56.3 Å². The fourth-order valence-electron chi connectivity index (χ4n) is 2.69. The molecule has 0 aliphatic heterocycles. The summed E-state index contributed by atoms with van der Waals surface area (Å²) in [6, 6.07) is 15.3. The maximum Gasteiger partial charge on any atom is 0.241 e. The Morgan fingerprint density at radius 2 is 1.54 bits per heavy atom. The average molecular weight is 346 g/mol. The van der Waals surface area contributed by atoms with Crippen molar-refractivity contribution in [3.8, 4) is 11.1 Å². The molecule has 2 rings (SSSR count). The van der Waals surface area contributed by atoms with Gasteiger partial charge >= 0.3 is 0 Å². The predicted molar refractivity (Wildman–Crippen MR) is 100 cm³/mol. The molecule has 0 heterocycles. The molecular weight excluding hydrogens is 318 g/mol. The number of sulfonamides is 1. The van der Waals surface area contributed by atoms with Gasteiger partial charge in [0.2, 0.25) is 10.0 Å². The summed E-state index contributed by atoms with van der Waals surface area (Å²) in [6.07, 6.45) is 1.02. The van der Waals surface area contributed by atoms with E-state index >= 15 is 0 Å². The average Bonchev–Trinajstić information content (AvgIpc) is 2.45. The van der Waals surface area contributed by atoms with Crippen molar-refractivity contribution in [1.82, 2.24) is 4.72 Å². The van der Waals surface area contributed by atoms with Gasteiger partial charge in [-0.15, -0.1) is 0 Å². The summed E-state index contributed by atoms with van der Waals surface area (Å²) < 4.78 is 28.2. The lowest BCUT2D eigenvalue weighted by atomic mass is 9.99. The van der Waals surface area contributed by atoms with E-state index in [9.17, 15) is 8.42 Å². The largest absolute Gasteiger partial charge is 0.241 e. The highest BCUT2D eigenvalue weighted by Crippen LogP contribution is 2.28. The Kier molecular flexibility index (Phi) is 5.51. The van der Waals surface area contributed by atoms with Crippen molar-refractivity contribution in [3.63, 3.8) is 0 Å². The first-order valence-electron chi connectivity index (χ1n) is 8.31. The van der Waals surface area contributed by atoms with Gasteiger partial charge in [-0.25, -0.2) is 13.1 Å². The number of rotatable bonds is 5. The lowest BCUT2D eigenvalue weighted by molar-refractivity contribution is 0.491. The van der Waals surface area contributed by atoms with Gasteiger partial charge in [-0.3, -0.25) is 0 Å². The summed E-state index contributed by atoms with van der Waals surface area (Å²) in [7, 11) is -3.58. The minimum absolute atomic E-state index is 0.316. The maximum atomic E-state index is 12.7. The normalized spacial score (nSPS) is 12.6. The zero-order valence-electron chi connectivity index (χ0n) is 15.1. The molecule has 0 aliphatic carbocycles. The maximum absolute atomic E-state index is 12.7. The molecule has 2 aromatic rings. The first-order chi connectivity index (χ1) is 11.1. The van der Waals surface area contributed by atoms with Gasteiger partial charge in [0, 0.05) is 11.1 Å². The van der Waals surface area contributed by atoms with Crippen molar-refractivity contribution in [3.05, 3.63) is 54.1 Å². The van der Waals surface area contributed by atoms with Gasteiger partial charge in [0.15, 0.2) is 0 Å². The van der Waals surface area contributed by atoms with Crippen molar-refractivity contribution >= 4 is 10.0 Å². The zero-order chi connectivity index (χ0) is 18.0. The Morgan fingerprint density at radius 1 is 0.958 bits per heavy atom. The topological polar surface area (TPSA) is 46.2 Å². The summed E-state index contributed by atoms with van der Waals surface area (Å²) in [4.78, 5) is 0.316. The first-order valence-corrected chi connectivity index (χ1v) is 9.79. The van der Waals surface area contributed by atoms with Crippen LogP contribution in [0.3, 0.4) is 0 Å². The van der Waals surface area contributed by atoms with Crippen LogP contribution in [0.1, 0.15) is 40.2 Å². The molecule has 0 unspecified atom stereocenters. The lowest BCUT2D eigenvalue weighted by Crippen LogP contribution is -2.40. The van der Waals surface area contributed by atoms with Crippen molar-refractivity contribution in [2.45, 2.75) is 51.5 Å². The van der Waals surface area contributed by atoms with Crippen LogP contribution >= 0.6 is 0 Å². The van der Waals surface area contributed by atoms with E-state index in [1.54, 1.807) is 12.1 Å². The van der Waals surface area contributed by atoms with Crippen molar-refractivity contribution in [1.29, 1.82) is 0 Å². The summed E-state index contributed by atoms with van der Waals surface area (Å²) in [5.74, 6) is 0.597. The van der Waals surface area contributed by atoms with Gasteiger partial charge in [0.25, 0.3) is 0 Å². The minimum atomic E-state index is -3.58. The molecule has 1 N–H and O–H groups in total. The molecule has 0 bridgehead atoms. The third kappa shape index (κ3) is 4.92. The van der Waals surface area contributed by atoms with Crippen LogP contribution in [0.5, 0.6) is 0 Å². The van der Waals surface area contributed by atoms with E-state index < -0.39 is 15.6 Å². The smallest absolute Gasteiger partial charge is 0.207 e. The van der Waals surface area contributed by atoms with Gasteiger partial charge in [-0.2, -0.15) is 0 Å². The Morgan fingerprint density at radius 3 is 2.08 bits per heavy atom. The third-order valence-corrected chi connectivity index (χ3v) is 5.34. The molecule has 0 radical (unpaired) electrons. The van der Waals surface area contributed by atoms with Crippen molar-refractivity contribution in [2.24, 2.45) is 5.92 Å². The highest BCUT2D eigenvalue weighted by molar-refractivity contribution is 7.89. The first kappa shape index (κ1) is 18.7. The second-order valence-corrected chi connectivity index (χ2v) is 9.30. The number of hydrogen-bond donors (Lipinski definition) is 1. The molecule has 4 heteroatoms. The van der Waals surface area contributed by atoms with Crippen LogP contribution in [-0.2, 0) is 16.4 Å². The fourth-order valence-corrected chi connectivity index (χ4v) is 4.34. The standard InChI is InChI=1S/C20H27NO2S/c1-15(2)14-16-10-12-17(13-11-16)18-8-6-7-9-19(18)24(22,23)21-20(3,4)5/h6-13,15,21H,14H2,1-5H3. The number of nitrogens with one attached hydrogen (secondary N) is 1. The van der Waals surface area contributed by atoms with Gasteiger partial charge < -0.3 is 0 Å². The molecule has 0 spiro atoms. The Labute approximate surface area is 146 Å². The third-order valence-electron chi connectivity index (χ3n) is 3.53. The summed E-state index contributed by atoms with van der Waals surface area (Å²) in [6.45, 7) is 9.90. The molecule has 0 fully saturated rings. The molecule has 0 aromatic heterocycles. The fraction of sp³-hybridized carbons (Fsp3) is 0.400. The van der Waals surface area contributed by atoms with Crippen molar-refractivity contribution in [2.75, 3.05) is 0 Å². The lowest BCUT2D eigenvalue weighted by Gasteiger charge is -2.21. The second kappa shape index (κ2) is 7.08. The highest BCUT2D eigenvalue weighted by Gasteiger charge is 2.24.